The van der Waals surface area contributed by atoms with Gasteiger partial charge in [-0.15, -0.1) is 0 Å². The molecular weight excluding hydrogens is 358 g/mol. The number of carbonyl (C=O) groups is 1. The lowest BCUT2D eigenvalue weighted by Gasteiger charge is -2.12. The lowest BCUT2D eigenvalue weighted by atomic mass is 9.96. The van der Waals surface area contributed by atoms with Crippen molar-refractivity contribution in [2.45, 2.75) is 32.1 Å². The van der Waals surface area contributed by atoms with Crippen LogP contribution in [-0.4, -0.2) is 16.1 Å². The third kappa shape index (κ3) is 4.04. The molecule has 0 unspecified atom stereocenters. The zero-order chi connectivity index (χ0) is 18.8. The fourth-order valence-corrected chi connectivity index (χ4v) is 3.94. The van der Waals surface area contributed by atoms with Crippen LogP contribution in [0.2, 0.25) is 5.02 Å². The first-order chi connectivity index (χ1) is 13.1. The minimum absolute atomic E-state index is 0.0594. The molecule has 4 heteroatoms. The van der Waals surface area contributed by atoms with Gasteiger partial charge in [0.05, 0.1) is 12.1 Å². The molecule has 0 amide bonds. The van der Waals surface area contributed by atoms with Crippen LogP contribution in [0.1, 0.15) is 34.4 Å². The number of halogens is 1. The van der Waals surface area contributed by atoms with Crippen LogP contribution in [0.15, 0.2) is 54.6 Å². The summed E-state index contributed by atoms with van der Waals surface area (Å²) in [5, 5.41) is 9.63. The predicted molar refractivity (Wildman–Crippen MR) is 107 cm³/mol. The van der Waals surface area contributed by atoms with Crippen LogP contribution in [0.5, 0.6) is 0 Å². The molecule has 0 aliphatic heterocycles. The highest BCUT2D eigenvalue weighted by molar-refractivity contribution is 6.30. The number of pyridine rings is 1. The lowest BCUT2D eigenvalue weighted by molar-refractivity contribution is -0.136. The first-order valence-corrected chi connectivity index (χ1v) is 9.53. The van der Waals surface area contributed by atoms with Gasteiger partial charge in [0.25, 0.3) is 0 Å². The van der Waals surface area contributed by atoms with E-state index in [1.807, 2.05) is 48.5 Å². The molecule has 0 fully saturated rings. The van der Waals surface area contributed by atoms with E-state index < -0.39 is 5.97 Å². The Kier molecular flexibility index (Phi) is 4.95. The molecule has 0 saturated carbocycles. The van der Waals surface area contributed by atoms with E-state index in [9.17, 15) is 4.79 Å². The number of hydrogen-bond donors (Lipinski definition) is 1. The van der Waals surface area contributed by atoms with Gasteiger partial charge >= 0.3 is 5.97 Å². The number of aromatic nitrogens is 1. The molecule has 0 atom stereocenters. The molecule has 0 saturated heterocycles. The summed E-state index contributed by atoms with van der Waals surface area (Å²) in [5.41, 5.74) is 7.89. The summed E-state index contributed by atoms with van der Waals surface area (Å²) in [6, 6.07) is 17.9. The largest absolute Gasteiger partial charge is 0.481 e. The number of hydrogen-bond acceptors (Lipinski definition) is 2. The summed E-state index contributed by atoms with van der Waals surface area (Å²) in [6.45, 7) is 0. The first-order valence-electron chi connectivity index (χ1n) is 9.16. The maximum Gasteiger partial charge on any atom is 0.307 e. The number of carboxylic acids is 1. The van der Waals surface area contributed by atoms with Gasteiger partial charge in [-0.1, -0.05) is 48.0 Å². The number of benzene rings is 2. The van der Waals surface area contributed by atoms with Crippen molar-refractivity contribution in [2.75, 3.05) is 0 Å². The lowest BCUT2D eigenvalue weighted by Crippen LogP contribution is -2.02. The summed E-state index contributed by atoms with van der Waals surface area (Å²) < 4.78 is 0. The number of aliphatic carboxylic acids is 1. The fraction of sp³-hybridized carbons (Fsp3) is 0.217. The van der Waals surface area contributed by atoms with Crippen LogP contribution in [0.3, 0.4) is 0 Å². The Morgan fingerprint density at radius 3 is 2.56 bits per heavy atom. The smallest absolute Gasteiger partial charge is 0.307 e. The second-order valence-corrected chi connectivity index (χ2v) is 7.46. The van der Waals surface area contributed by atoms with Gasteiger partial charge in [-0.25, -0.2) is 0 Å². The van der Waals surface area contributed by atoms with E-state index in [0.717, 1.165) is 42.5 Å². The van der Waals surface area contributed by atoms with Crippen LogP contribution in [0.25, 0.3) is 11.3 Å². The highest BCUT2D eigenvalue weighted by Gasteiger charge is 2.18. The number of nitrogens with zero attached hydrogens (tertiary/aromatic N) is 1. The zero-order valence-electron chi connectivity index (χ0n) is 14.9. The Morgan fingerprint density at radius 1 is 1.04 bits per heavy atom. The summed E-state index contributed by atoms with van der Waals surface area (Å²) in [7, 11) is 0. The monoisotopic (exact) mass is 377 g/mol. The SMILES string of the molecule is O=C(O)Cc1ccc(Cc2cc(-c3cccc(Cl)c3)nc3c2CCC3)cc1. The molecule has 3 aromatic rings. The van der Waals surface area contributed by atoms with E-state index in [2.05, 4.69) is 6.07 Å². The van der Waals surface area contributed by atoms with Gasteiger partial charge in [-0.3, -0.25) is 9.78 Å². The zero-order valence-corrected chi connectivity index (χ0v) is 15.7. The van der Waals surface area contributed by atoms with Gasteiger partial charge in [-0.05, 0) is 66.1 Å². The Labute approximate surface area is 163 Å². The highest BCUT2D eigenvalue weighted by Crippen LogP contribution is 2.31. The fourth-order valence-electron chi connectivity index (χ4n) is 3.75. The van der Waals surface area contributed by atoms with Crippen molar-refractivity contribution in [1.29, 1.82) is 0 Å². The number of carboxylic acid groups (broad SMARTS) is 1. The van der Waals surface area contributed by atoms with Crippen molar-refractivity contribution >= 4 is 17.6 Å². The quantitative estimate of drug-likeness (QED) is 0.672. The molecular formula is C23H20ClNO2. The van der Waals surface area contributed by atoms with Crippen molar-refractivity contribution in [2.24, 2.45) is 0 Å². The molecule has 4 rings (SSSR count). The molecule has 0 radical (unpaired) electrons. The number of fused-ring (bicyclic) bond motifs is 1. The molecule has 1 aliphatic carbocycles. The normalized spacial score (nSPS) is 12.8. The molecule has 136 valence electrons. The van der Waals surface area contributed by atoms with Crippen molar-refractivity contribution in [3.63, 3.8) is 0 Å². The third-order valence-corrected chi connectivity index (χ3v) is 5.27. The molecule has 2 aromatic carbocycles. The van der Waals surface area contributed by atoms with Gasteiger partial charge < -0.3 is 5.11 Å². The second-order valence-electron chi connectivity index (χ2n) is 7.02. The number of aryl methyl sites for hydroxylation is 1. The van der Waals surface area contributed by atoms with Crippen LogP contribution >= 0.6 is 11.6 Å². The molecule has 1 aliphatic rings. The first kappa shape index (κ1) is 17.7. The van der Waals surface area contributed by atoms with E-state index in [-0.39, 0.29) is 6.42 Å². The molecule has 0 spiro atoms. The van der Waals surface area contributed by atoms with E-state index in [0.29, 0.717) is 5.02 Å². The Bertz CT molecular complexity index is 996. The van der Waals surface area contributed by atoms with Crippen LogP contribution in [0, 0.1) is 0 Å². The van der Waals surface area contributed by atoms with E-state index in [4.69, 9.17) is 21.7 Å². The van der Waals surface area contributed by atoms with Crippen LogP contribution < -0.4 is 0 Å². The van der Waals surface area contributed by atoms with Gasteiger partial charge in [0.15, 0.2) is 0 Å². The molecule has 27 heavy (non-hydrogen) atoms. The molecule has 1 N–H and O–H groups in total. The van der Waals surface area contributed by atoms with Gasteiger partial charge in [0, 0.05) is 16.3 Å². The maximum atomic E-state index is 10.9. The predicted octanol–water partition coefficient (Wildman–Crippen LogP) is 5.11. The maximum absolute atomic E-state index is 10.9. The van der Waals surface area contributed by atoms with E-state index >= 15 is 0 Å². The van der Waals surface area contributed by atoms with E-state index in [1.165, 1.54) is 22.4 Å². The average molecular weight is 378 g/mol. The summed E-state index contributed by atoms with van der Waals surface area (Å²) in [5.74, 6) is -0.805. The van der Waals surface area contributed by atoms with Gasteiger partial charge in [-0.2, -0.15) is 0 Å². The Balaban J connectivity index is 1.67. The van der Waals surface area contributed by atoms with Gasteiger partial charge in [0.1, 0.15) is 0 Å². The molecule has 3 nitrogen and oxygen atoms in total. The summed E-state index contributed by atoms with van der Waals surface area (Å²) in [4.78, 5) is 15.7. The van der Waals surface area contributed by atoms with Crippen LogP contribution in [-0.2, 0) is 30.5 Å². The Morgan fingerprint density at radius 2 is 1.81 bits per heavy atom. The average Bonchev–Trinajstić information content (AvgIpc) is 3.12. The minimum Gasteiger partial charge on any atom is -0.481 e. The third-order valence-electron chi connectivity index (χ3n) is 5.04. The standard InChI is InChI=1S/C23H20ClNO2/c24-19-4-1-3-17(13-19)22-14-18(20-5-2-6-21(20)25-22)11-15-7-9-16(10-8-15)12-23(26)27/h1,3-4,7-10,13-14H,2,5-6,11-12H2,(H,26,27). The molecule has 1 aromatic heterocycles. The van der Waals surface area contributed by atoms with E-state index in [1.54, 1.807) is 0 Å². The number of rotatable bonds is 5. The van der Waals surface area contributed by atoms with Crippen molar-refractivity contribution in [3.05, 3.63) is 87.6 Å². The minimum atomic E-state index is -0.805. The van der Waals surface area contributed by atoms with Crippen LogP contribution in [0.4, 0.5) is 0 Å². The van der Waals surface area contributed by atoms with Crippen molar-refractivity contribution < 1.29 is 9.90 Å². The second kappa shape index (κ2) is 7.53. The van der Waals surface area contributed by atoms with Gasteiger partial charge in [0.2, 0.25) is 0 Å². The van der Waals surface area contributed by atoms with Crippen molar-refractivity contribution in [1.82, 2.24) is 4.98 Å². The Hall–Kier alpha value is -2.65. The molecule has 1 heterocycles. The molecule has 0 bridgehead atoms. The highest BCUT2D eigenvalue weighted by atomic mass is 35.5. The van der Waals surface area contributed by atoms with Crippen molar-refractivity contribution in [3.8, 4) is 11.3 Å². The summed E-state index contributed by atoms with van der Waals surface area (Å²) in [6.07, 6.45) is 4.13. The summed E-state index contributed by atoms with van der Waals surface area (Å²) >= 11 is 6.16. The topological polar surface area (TPSA) is 50.2 Å².